The van der Waals surface area contributed by atoms with Crippen molar-refractivity contribution in [3.05, 3.63) is 102 Å². The fraction of sp³-hybridized carbons (Fsp3) is 0.526. The third kappa shape index (κ3) is 20.4. The summed E-state index contributed by atoms with van der Waals surface area (Å²) in [5.41, 5.74) is 0.523. The standard InChI is InChI=1S/C38H58N6O4/c1-3-4-5-6-7-8-9-10-11-12-13-14-15-16-17-18-19-20-21-22-37(45)39-23-25-42(27-28-43-29-31-48-32-30-43)26-24-40-38(46)36-34-44(47)35(2)33-41-36/h4-5,7-8,10-11,13-14,16-17,19-20,33-34H,3,6,9,12,15,18,21-32H2,1-2H3,(H,39,45)(H,40,46)/b5-4-,8-7-,11-10-,14-13-,17-16-,20-19-. The molecular weight excluding hydrogens is 604 g/mol. The molecule has 264 valence electrons. The number of allylic oxidation sites excluding steroid dienone is 12. The van der Waals surface area contributed by atoms with Crippen LogP contribution >= 0.6 is 0 Å². The first-order chi connectivity index (χ1) is 23.5. The summed E-state index contributed by atoms with van der Waals surface area (Å²) < 4.78 is 6.09. The van der Waals surface area contributed by atoms with E-state index in [1.807, 2.05) is 0 Å². The summed E-state index contributed by atoms with van der Waals surface area (Å²) in [4.78, 5) is 33.5. The van der Waals surface area contributed by atoms with Crippen LogP contribution in [-0.4, -0.2) is 92.2 Å². The molecule has 0 atom stereocenters. The number of amides is 2. The van der Waals surface area contributed by atoms with E-state index in [-0.39, 0.29) is 17.5 Å². The van der Waals surface area contributed by atoms with Crippen LogP contribution < -0.4 is 15.4 Å². The van der Waals surface area contributed by atoms with E-state index in [1.54, 1.807) is 6.92 Å². The van der Waals surface area contributed by atoms with Gasteiger partial charge in [-0.15, -0.1) is 0 Å². The van der Waals surface area contributed by atoms with Crippen LogP contribution in [0.1, 0.15) is 74.5 Å². The van der Waals surface area contributed by atoms with Gasteiger partial charge in [-0.3, -0.25) is 19.4 Å². The van der Waals surface area contributed by atoms with Crippen molar-refractivity contribution in [1.82, 2.24) is 25.4 Å². The lowest BCUT2D eigenvalue weighted by Gasteiger charge is -2.30. The van der Waals surface area contributed by atoms with E-state index in [0.717, 1.165) is 77.9 Å². The molecule has 1 aliphatic heterocycles. The molecule has 0 spiro atoms. The van der Waals surface area contributed by atoms with Crippen molar-refractivity contribution in [3.8, 4) is 0 Å². The van der Waals surface area contributed by atoms with E-state index < -0.39 is 0 Å². The van der Waals surface area contributed by atoms with Gasteiger partial charge in [0.25, 0.3) is 5.91 Å². The lowest BCUT2D eigenvalue weighted by molar-refractivity contribution is -0.613. The Morgan fingerprint density at radius 2 is 1.40 bits per heavy atom. The zero-order valence-electron chi connectivity index (χ0n) is 29.2. The van der Waals surface area contributed by atoms with Gasteiger partial charge in [-0.1, -0.05) is 79.8 Å². The van der Waals surface area contributed by atoms with Gasteiger partial charge in [0.15, 0.2) is 5.69 Å². The highest BCUT2D eigenvalue weighted by atomic mass is 16.5. The highest BCUT2D eigenvalue weighted by Crippen LogP contribution is 2.00. The van der Waals surface area contributed by atoms with Crippen LogP contribution in [0.25, 0.3) is 0 Å². The maximum Gasteiger partial charge on any atom is 0.276 e. The van der Waals surface area contributed by atoms with Crippen LogP contribution in [0.15, 0.2) is 85.3 Å². The highest BCUT2D eigenvalue weighted by Gasteiger charge is 2.15. The van der Waals surface area contributed by atoms with Gasteiger partial charge >= 0.3 is 0 Å². The molecule has 1 fully saturated rings. The summed E-state index contributed by atoms with van der Waals surface area (Å²) in [6.45, 7) is 11.0. The predicted octanol–water partition coefficient (Wildman–Crippen LogP) is 4.98. The molecule has 2 rings (SSSR count). The van der Waals surface area contributed by atoms with Crippen LogP contribution in [0.3, 0.4) is 0 Å². The molecule has 48 heavy (non-hydrogen) atoms. The van der Waals surface area contributed by atoms with Crippen LogP contribution in [0.2, 0.25) is 0 Å². The van der Waals surface area contributed by atoms with Crippen molar-refractivity contribution in [1.29, 1.82) is 0 Å². The molecule has 0 bridgehead atoms. The number of carbonyl (C=O) groups excluding carboxylic acids is 2. The minimum Gasteiger partial charge on any atom is -0.618 e. The molecule has 0 saturated carbocycles. The Labute approximate surface area is 288 Å². The van der Waals surface area contributed by atoms with Gasteiger partial charge in [0.2, 0.25) is 17.8 Å². The van der Waals surface area contributed by atoms with Crippen molar-refractivity contribution in [3.63, 3.8) is 0 Å². The maximum absolute atomic E-state index is 12.5. The SMILES string of the molecule is CC/C=C\C/C=C\C/C=C\C/C=C\C/C=C\C/C=C\CCC(=O)NCCN(CCNC(=O)c1c[n+]([O-])c(C)cn1)CCN1CCOCC1. The molecule has 0 radical (unpaired) electrons. The normalized spacial score (nSPS) is 14.6. The number of aryl methyl sites for hydroxylation is 1. The topological polar surface area (TPSA) is 114 Å². The van der Waals surface area contributed by atoms with Crippen LogP contribution in [0.5, 0.6) is 0 Å². The second-order valence-corrected chi connectivity index (χ2v) is 11.6. The first-order valence-electron chi connectivity index (χ1n) is 17.5. The minimum atomic E-state index is -0.379. The zero-order valence-corrected chi connectivity index (χ0v) is 29.2. The number of hydrogen-bond donors (Lipinski definition) is 2. The van der Waals surface area contributed by atoms with E-state index in [4.69, 9.17) is 4.74 Å². The average molecular weight is 663 g/mol. The monoisotopic (exact) mass is 662 g/mol. The zero-order chi connectivity index (χ0) is 34.5. The molecule has 10 nitrogen and oxygen atoms in total. The second-order valence-electron chi connectivity index (χ2n) is 11.6. The molecule has 2 amide bonds. The molecule has 2 heterocycles. The Morgan fingerprint density at radius 3 is 1.96 bits per heavy atom. The smallest absolute Gasteiger partial charge is 0.276 e. The number of morpholine rings is 1. The van der Waals surface area contributed by atoms with Crippen molar-refractivity contribution in [2.75, 3.05) is 65.6 Å². The summed E-state index contributed by atoms with van der Waals surface area (Å²) in [5.74, 6) is -0.345. The number of nitrogens with one attached hydrogen (secondary N) is 2. The summed E-state index contributed by atoms with van der Waals surface area (Å²) in [6.07, 6.45) is 35.7. The summed E-state index contributed by atoms with van der Waals surface area (Å²) >= 11 is 0. The second kappa shape index (κ2) is 27.1. The summed E-state index contributed by atoms with van der Waals surface area (Å²) in [7, 11) is 0. The van der Waals surface area contributed by atoms with E-state index in [1.165, 1.54) is 12.4 Å². The predicted molar refractivity (Wildman–Crippen MR) is 194 cm³/mol. The quantitative estimate of drug-likeness (QED) is 0.0912. The lowest BCUT2D eigenvalue weighted by Crippen LogP contribution is -2.45. The van der Waals surface area contributed by atoms with Crippen molar-refractivity contribution in [2.24, 2.45) is 0 Å². The van der Waals surface area contributed by atoms with Crippen LogP contribution in [0.4, 0.5) is 0 Å². The van der Waals surface area contributed by atoms with E-state index >= 15 is 0 Å². The summed E-state index contributed by atoms with van der Waals surface area (Å²) in [6, 6.07) is 0. The number of aromatic nitrogens is 2. The number of hydrogen-bond acceptors (Lipinski definition) is 7. The molecule has 0 aromatic carbocycles. The Morgan fingerprint density at radius 1 is 0.854 bits per heavy atom. The Bertz CT molecular complexity index is 1220. The van der Waals surface area contributed by atoms with E-state index in [0.29, 0.717) is 49.4 Å². The number of ether oxygens (including phenoxy) is 1. The molecule has 1 aromatic rings. The van der Waals surface area contributed by atoms with Crippen molar-refractivity contribution < 1.29 is 19.1 Å². The molecule has 2 N–H and O–H groups in total. The van der Waals surface area contributed by atoms with Crippen molar-refractivity contribution in [2.45, 2.75) is 65.2 Å². The molecule has 0 unspecified atom stereocenters. The Kier molecular flexibility index (Phi) is 22.8. The Hall–Kier alpha value is -3.86. The molecule has 1 aromatic heterocycles. The number of rotatable bonds is 24. The van der Waals surface area contributed by atoms with Gasteiger partial charge in [-0.25, -0.2) is 4.98 Å². The van der Waals surface area contributed by atoms with Gasteiger partial charge < -0.3 is 20.6 Å². The van der Waals surface area contributed by atoms with Crippen LogP contribution in [0, 0.1) is 12.1 Å². The van der Waals surface area contributed by atoms with Crippen molar-refractivity contribution >= 4 is 11.8 Å². The first-order valence-corrected chi connectivity index (χ1v) is 17.5. The van der Waals surface area contributed by atoms with E-state index in [9.17, 15) is 14.8 Å². The molecule has 1 aliphatic rings. The minimum absolute atomic E-state index is 0.0346. The fourth-order valence-corrected chi connectivity index (χ4v) is 4.74. The van der Waals surface area contributed by atoms with E-state index in [2.05, 4.69) is 105 Å². The molecule has 1 saturated heterocycles. The average Bonchev–Trinajstić information content (AvgIpc) is 3.09. The van der Waals surface area contributed by atoms with Gasteiger partial charge in [0.1, 0.15) is 0 Å². The fourth-order valence-electron chi connectivity index (χ4n) is 4.74. The maximum atomic E-state index is 12.5. The summed E-state index contributed by atoms with van der Waals surface area (Å²) in [5, 5.41) is 17.7. The van der Waals surface area contributed by atoms with Gasteiger partial charge in [0.05, 0.1) is 19.4 Å². The van der Waals surface area contributed by atoms with Gasteiger partial charge in [-0.2, -0.15) is 4.73 Å². The number of nitrogens with zero attached hydrogens (tertiary/aromatic N) is 4. The number of carbonyl (C=O) groups is 2. The molecule has 10 heteroatoms. The third-order valence-corrected chi connectivity index (χ3v) is 7.64. The van der Waals surface area contributed by atoms with Crippen LogP contribution in [-0.2, 0) is 9.53 Å². The first kappa shape index (κ1) is 40.3. The van der Waals surface area contributed by atoms with Gasteiger partial charge in [-0.05, 0) is 44.9 Å². The largest absolute Gasteiger partial charge is 0.618 e. The third-order valence-electron chi connectivity index (χ3n) is 7.64. The lowest BCUT2D eigenvalue weighted by atomic mass is 10.2. The van der Waals surface area contributed by atoms with Gasteiger partial charge in [0, 0.05) is 65.7 Å². The Balaban J connectivity index is 1.58. The molecule has 0 aliphatic carbocycles. The molecular formula is C38H58N6O4. The highest BCUT2D eigenvalue weighted by molar-refractivity contribution is 5.91.